The second-order valence-corrected chi connectivity index (χ2v) is 8.00. The molecular weight excluding hydrogens is 351 g/mol. The molecule has 144 valence electrons. The van der Waals surface area contributed by atoms with E-state index in [4.69, 9.17) is 14.2 Å². The summed E-state index contributed by atoms with van der Waals surface area (Å²) in [5.41, 5.74) is 0.718. The van der Waals surface area contributed by atoms with Gasteiger partial charge in [0.15, 0.2) is 11.5 Å². The third kappa shape index (κ3) is 2.73. The third-order valence-corrected chi connectivity index (χ3v) is 5.27. The number of benzene rings is 1. The number of ketones is 1. The van der Waals surface area contributed by atoms with Gasteiger partial charge in [0.1, 0.15) is 28.8 Å². The van der Waals surface area contributed by atoms with E-state index in [-0.39, 0.29) is 29.6 Å². The van der Waals surface area contributed by atoms with E-state index in [1.54, 1.807) is 0 Å². The van der Waals surface area contributed by atoms with E-state index in [9.17, 15) is 14.0 Å². The number of rotatable bonds is 2. The Morgan fingerprint density at radius 1 is 1.22 bits per heavy atom. The molecule has 0 saturated carbocycles. The minimum atomic E-state index is -1.78. The van der Waals surface area contributed by atoms with Crippen molar-refractivity contribution in [3.63, 3.8) is 0 Å². The van der Waals surface area contributed by atoms with Crippen LogP contribution in [0.15, 0.2) is 6.08 Å². The van der Waals surface area contributed by atoms with Crippen molar-refractivity contribution in [2.75, 3.05) is 0 Å². The summed E-state index contributed by atoms with van der Waals surface area (Å²) < 4.78 is 32.3. The van der Waals surface area contributed by atoms with E-state index in [2.05, 4.69) is 0 Å². The van der Waals surface area contributed by atoms with Crippen molar-refractivity contribution in [2.24, 2.45) is 0 Å². The van der Waals surface area contributed by atoms with Crippen LogP contribution in [-0.4, -0.2) is 29.6 Å². The second-order valence-electron chi connectivity index (χ2n) is 8.00. The van der Waals surface area contributed by atoms with Gasteiger partial charge in [-0.05, 0) is 39.3 Å². The molecule has 0 aromatic heterocycles. The normalized spacial score (nSPS) is 27.7. The highest BCUT2D eigenvalue weighted by Gasteiger charge is 2.46. The molecule has 0 radical (unpaired) electrons. The molecule has 27 heavy (non-hydrogen) atoms. The van der Waals surface area contributed by atoms with Crippen molar-refractivity contribution in [3.05, 3.63) is 22.8 Å². The van der Waals surface area contributed by atoms with Crippen LogP contribution in [-0.2, 0) is 4.79 Å². The third-order valence-electron chi connectivity index (χ3n) is 5.27. The average Bonchev–Trinajstić information content (AvgIpc) is 2.57. The van der Waals surface area contributed by atoms with Crippen molar-refractivity contribution in [3.8, 4) is 17.2 Å². The van der Waals surface area contributed by atoms with E-state index in [1.807, 2.05) is 39.8 Å². The first kappa shape index (κ1) is 18.0. The average molecular weight is 374 g/mol. The summed E-state index contributed by atoms with van der Waals surface area (Å²) in [5, 5.41) is 0. The molecule has 0 amide bonds. The Balaban J connectivity index is 2.05. The molecule has 0 saturated heterocycles. The lowest BCUT2D eigenvalue weighted by Crippen LogP contribution is -2.38. The fourth-order valence-electron chi connectivity index (χ4n) is 4.06. The predicted octanol–water partition coefficient (Wildman–Crippen LogP) is 4.37. The number of hydrogen-bond acceptors (Lipinski definition) is 5. The summed E-state index contributed by atoms with van der Waals surface area (Å²) >= 11 is 0. The number of carbonyl (C=O) groups excluding carboxylic acids is 2. The smallest absolute Gasteiger partial charge is 0.346 e. The number of esters is 1. The highest BCUT2D eigenvalue weighted by atomic mass is 19.1. The van der Waals surface area contributed by atoms with Gasteiger partial charge in [-0.15, -0.1) is 0 Å². The zero-order chi connectivity index (χ0) is 19.5. The Labute approximate surface area is 157 Å². The monoisotopic (exact) mass is 374 g/mol. The van der Waals surface area contributed by atoms with E-state index in [0.29, 0.717) is 35.5 Å². The standard InChI is InChI=1S/C21H23FO5/c1-5-6-11-14-18-12(7-8-21(3,4)27-18)17-15(13(23)9-10(2)25-17)19(14)26-20(24)16(11)22/h7-8,10-11,16H,5-6,9H2,1-4H3. The topological polar surface area (TPSA) is 61.8 Å². The predicted molar refractivity (Wildman–Crippen MR) is 97.4 cm³/mol. The molecule has 3 aliphatic heterocycles. The zero-order valence-corrected chi connectivity index (χ0v) is 15.9. The molecule has 6 heteroatoms. The molecule has 3 heterocycles. The number of fused-ring (bicyclic) bond motifs is 6. The number of alkyl halides is 1. The highest BCUT2D eigenvalue weighted by molar-refractivity contribution is 6.06. The fourth-order valence-corrected chi connectivity index (χ4v) is 4.06. The number of halogens is 1. The minimum Gasteiger partial charge on any atom is -0.489 e. The fraction of sp³-hybridized carbons (Fsp3) is 0.524. The van der Waals surface area contributed by atoms with E-state index < -0.39 is 23.7 Å². The van der Waals surface area contributed by atoms with Gasteiger partial charge in [0.2, 0.25) is 6.17 Å². The van der Waals surface area contributed by atoms with Crippen LogP contribution in [0, 0.1) is 0 Å². The summed E-state index contributed by atoms with van der Waals surface area (Å²) in [6.07, 6.45) is 2.98. The Morgan fingerprint density at radius 2 is 1.96 bits per heavy atom. The molecule has 0 bridgehead atoms. The van der Waals surface area contributed by atoms with Crippen LogP contribution in [0.1, 0.15) is 74.4 Å². The van der Waals surface area contributed by atoms with Gasteiger partial charge >= 0.3 is 5.97 Å². The molecule has 1 aromatic carbocycles. The summed E-state index contributed by atoms with van der Waals surface area (Å²) in [6, 6.07) is 0. The molecule has 3 unspecified atom stereocenters. The van der Waals surface area contributed by atoms with Gasteiger partial charge in [-0.3, -0.25) is 4.79 Å². The van der Waals surface area contributed by atoms with Crippen molar-refractivity contribution >= 4 is 17.8 Å². The van der Waals surface area contributed by atoms with E-state index in [0.717, 1.165) is 0 Å². The first-order valence-electron chi connectivity index (χ1n) is 9.41. The molecule has 0 aliphatic carbocycles. The Hall–Kier alpha value is -2.37. The Kier molecular flexibility index (Phi) is 4.05. The SMILES string of the molecule is CCCC1c2c3c(c4c(c2OC(=O)C1F)C(=O)CC(C)O4)C=CC(C)(C)O3. The number of ether oxygens (including phenoxy) is 3. The second kappa shape index (κ2) is 6.08. The van der Waals surface area contributed by atoms with Gasteiger partial charge in [-0.2, -0.15) is 0 Å². The Morgan fingerprint density at radius 3 is 2.67 bits per heavy atom. The highest BCUT2D eigenvalue weighted by Crippen LogP contribution is 2.55. The summed E-state index contributed by atoms with van der Waals surface area (Å²) in [5.74, 6) is -0.906. The lowest BCUT2D eigenvalue weighted by molar-refractivity contribution is -0.142. The molecular formula is C21H23FO5. The van der Waals surface area contributed by atoms with Crippen molar-refractivity contribution in [2.45, 2.75) is 70.8 Å². The Bertz CT molecular complexity index is 870. The number of carbonyl (C=O) groups is 2. The van der Waals surface area contributed by atoms with Crippen molar-refractivity contribution in [1.29, 1.82) is 0 Å². The molecule has 3 atom stereocenters. The first-order valence-corrected chi connectivity index (χ1v) is 9.41. The van der Waals surface area contributed by atoms with E-state index in [1.165, 1.54) is 0 Å². The van der Waals surface area contributed by atoms with Crippen LogP contribution >= 0.6 is 0 Å². The van der Waals surface area contributed by atoms with Gasteiger partial charge in [0, 0.05) is 17.9 Å². The summed E-state index contributed by atoms with van der Waals surface area (Å²) in [7, 11) is 0. The van der Waals surface area contributed by atoms with Gasteiger partial charge in [-0.1, -0.05) is 13.3 Å². The minimum absolute atomic E-state index is 0.115. The first-order chi connectivity index (χ1) is 12.7. The lowest BCUT2D eigenvalue weighted by atomic mass is 9.81. The van der Waals surface area contributed by atoms with Crippen LogP contribution in [0.5, 0.6) is 17.2 Å². The molecule has 3 aliphatic rings. The van der Waals surface area contributed by atoms with E-state index >= 15 is 0 Å². The van der Waals surface area contributed by atoms with Crippen LogP contribution < -0.4 is 14.2 Å². The zero-order valence-electron chi connectivity index (χ0n) is 15.9. The van der Waals surface area contributed by atoms with Crippen molar-refractivity contribution in [1.82, 2.24) is 0 Å². The van der Waals surface area contributed by atoms with Gasteiger partial charge in [-0.25, -0.2) is 9.18 Å². The molecule has 5 nitrogen and oxygen atoms in total. The van der Waals surface area contributed by atoms with Crippen LogP contribution in [0.2, 0.25) is 0 Å². The van der Waals surface area contributed by atoms with Gasteiger partial charge in [0.25, 0.3) is 0 Å². The quantitative estimate of drug-likeness (QED) is 0.568. The largest absolute Gasteiger partial charge is 0.489 e. The van der Waals surface area contributed by atoms with Crippen LogP contribution in [0.3, 0.4) is 0 Å². The lowest BCUT2D eigenvalue weighted by Gasteiger charge is -2.38. The number of hydrogen-bond donors (Lipinski definition) is 0. The summed E-state index contributed by atoms with van der Waals surface area (Å²) in [6.45, 7) is 7.53. The molecule has 1 aromatic rings. The van der Waals surface area contributed by atoms with Crippen LogP contribution in [0.4, 0.5) is 4.39 Å². The maximum atomic E-state index is 14.8. The van der Waals surface area contributed by atoms with Gasteiger partial charge in [0.05, 0.1) is 5.56 Å². The number of Topliss-reactive ketones (excluding diaryl/α,β-unsaturated/α-hetero) is 1. The molecule has 0 spiro atoms. The van der Waals surface area contributed by atoms with Crippen LogP contribution in [0.25, 0.3) is 6.08 Å². The molecule has 4 rings (SSSR count). The van der Waals surface area contributed by atoms with Crippen molar-refractivity contribution < 1.29 is 28.2 Å². The van der Waals surface area contributed by atoms with Gasteiger partial charge < -0.3 is 14.2 Å². The maximum Gasteiger partial charge on any atom is 0.346 e. The molecule has 0 fully saturated rings. The summed E-state index contributed by atoms with van der Waals surface area (Å²) in [4.78, 5) is 25.0. The molecule has 0 N–H and O–H groups in total. The maximum absolute atomic E-state index is 14.8.